The van der Waals surface area contributed by atoms with E-state index in [0.717, 1.165) is 30.5 Å². The van der Waals surface area contributed by atoms with E-state index in [9.17, 15) is 9.59 Å². The molecule has 2 amide bonds. The van der Waals surface area contributed by atoms with E-state index in [0.29, 0.717) is 25.9 Å². The van der Waals surface area contributed by atoms with Gasteiger partial charge < -0.3 is 15.2 Å². The first-order valence-electron chi connectivity index (χ1n) is 10.4. The zero-order valence-electron chi connectivity index (χ0n) is 16.4. The number of amides is 2. The number of anilines is 1. The highest BCUT2D eigenvalue weighted by molar-refractivity contribution is 6.14. The van der Waals surface area contributed by atoms with Crippen LogP contribution in [0, 0.1) is 5.41 Å². The number of aromatic amines is 1. The Hall–Kier alpha value is -3.08. The maximum Gasteiger partial charge on any atom is 0.242 e. The number of nitrogens with zero attached hydrogens (tertiary/aromatic N) is 1. The Kier molecular flexibility index (Phi) is 4.38. The van der Waals surface area contributed by atoms with Crippen LogP contribution in [0.2, 0.25) is 0 Å². The summed E-state index contributed by atoms with van der Waals surface area (Å²) in [6.45, 7) is 1.23. The van der Waals surface area contributed by atoms with Crippen LogP contribution in [0.15, 0.2) is 54.7 Å². The van der Waals surface area contributed by atoms with Crippen LogP contribution in [0.4, 0.5) is 5.69 Å². The lowest BCUT2D eigenvalue weighted by molar-refractivity contribution is -0.135. The van der Waals surface area contributed by atoms with E-state index < -0.39 is 5.41 Å². The second kappa shape index (κ2) is 7.07. The molecular weight excluding hydrogens is 362 g/mol. The van der Waals surface area contributed by atoms with Gasteiger partial charge in [0.1, 0.15) is 5.41 Å². The topological polar surface area (TPSA) is 65.2 Å². The first-order valence-corrected chi connectivity index (χ1v) is 10.4. The summed E-state index contributed by atoms with van der Waals surface area (Å²) in [7, 11) is 0. The van der Waals surface area contributed by atoms with Gasteiger partial charge in [0.15, 0.2) is 0 Å². The van der Waals surface area contributed by atoms with E-state index in [1.165, 1.54) is 16.5 Å². The quantitative estimate of drug-likeness (QED) is 0.657. The van der Waals surface area contributed by atoms with Crippen LogP contribution < -0.4 is 10.2 Å². The molecule has 0 unspecified atom stereocenters. The van der Waals surface area contributed by atoms with Gasteiger partial charge in [-0.2, -0.15) is 0 Å². The van der Waals surface area contributed by atoms with Gasteiger partial charge in [0.2, 0.25) is 11.8 Å². The molecule has 148 valence electrons. The number of carbonyl (C=O) groups excluding carboxylic acids is 2. The third kappa shape index (κ3) is 3.11. The van der Waals surface area contributed by atoms with E-state index in [1.807, 2.05) is 47.5 Å². The lowest BCUT2D eigenvalue weighted by Crippen LogP contribution is -2.47. The molecule has 5 nitrogen and oxygen atoms in total. The average Bonchev–Trinajstić information content (AvgIpc) is 3.48. The van der Waals surface area contributed by atoms with Crippen LogP contribution in [-0.2, 0) is 22.4 Å². The highest BCUT2D eigenvalue weighted by Gasteiger charge is 2.58. The number of aryl methyl sites for hydroxylation is 1. The molecule has 1 aliphatic heterocycles. The predicted octanol–water partition coefficient (Wildman–Crippen LogP) is 3.59. The van der Waals surface area contributed by atoms with Crippen LogP contribution in [-0.4, -0.2) is 29.9 Å². The molecule has 0 spiro atoms. The number of benzene rings is 2. The number of H-pyrrole nitrogens is 1. The van der Waals surface area contributed by atoms with Crippen LogP contribution in [0.3, 0.4) is 0 Å². The average molecular weight is 387 g/mol. The molecule has 2 N–H and O–H groups in total. The molecule has 3 aromatic rings. The number of fused-ring (bicyclic) bond motifs is 2. The summed E-state index contributed by atoms with van der Waals surface area (Å²) in [5.74, 6) is -0.153. The zero-order chi connectivity index (χ0) is 19.8. The molecule has 2 heterocycles. The Balaban J connectivity index is 1.26. The predicted molar refractivity (Wildman–Crippen MR) is 114 cm³/mol. The number of rotatable bonds is 5. The van der Waals surface area contributed by atoms with Crippen molar-refractivity contribution in [2.45, 2.75) is 32.1 Å². The summed E-state index contributed by atoms with van der Waals surface area (Å²) < 4.78 is 0. The lowest BCUT2D eigenvalue weighted by Gasteiger charge is -2.32. The monoisotopic (exact) mass is 387 g/mol. The Bertz CT molecular complexity index is 1080. The number of aromatic nitrogens is 1. The summed E-state index contributed by atoms with van der Waals surface area (Å²) in [5.41, 5.74) is 3.59. The van der Waals surface area contributed by atoms with Crippen molar-refractivity contribution in [3.05, 3.63) is 65.9 Å². The number of hydrogen-bond acceptors (Lipinski definition) is 2. The fraction of sp³-hybridized carbons (Fsp3) is 0.333. The lowest BCUT2D eigenvalue weighted by atomic mass is 9.97. The second-order valence-corrected chi connectivity index (χ2v) is 8.14. The first-order chi connectivity index (χ1) is 14.2. The Morgan fingerprint density at radius 2 is 1.86 bits per heavy atom. The summed E-state index contributed by atoms with van der Waals surface area (Å²) in [5, 5.41) is 4.22. The van der Waals surface area contributed by atoms with Crippen LogP contribution in [0.25, 0.3) is 10.9 Å². The fourth-order valence-electron chi connectivity index (χ4n) is 4.48. The summed E-state index contributed by atoms with van der Waals surface area (Å²) in [4.78, 5) is 31.4. The van der Waals surface area contributed by atoms with E-state index in [-0.39, 0.29) is 11.8 Å². The van der Waals surface area contributed by atoms with Gasteiger partial charge >= 0.3 is 0 Å². The standard InChI is InChI=1S/C24H25N3O2/c28-22(25-14-11-18-16-26-20-9-3-2-8-19(18)20)24(12-13-24)23(29)27-15-5-7-17-6-1-4-10-21(17)27/h1-4,6,8-10,16,26H,5,7,11-15H2,(H,25,28). The summed E-state index contributed by atoms with van der Waals surface area (Å²) in [6.07, 6.45) is 5.96. The fourth-order valence-corrected chi connectivity index (χ4v) is 4.48. The highest BCUT2D eigenvalue weighted by Crippen LogP contribution is 2.48. The van der Waals surface area contributed by atoms with E-state index in [1.54, 1.807) is 0 Å². The van der Waals surface area contributed by atoms with Gasteiger partial charge in [-0.25, -0.2) is 0 Å². The number of para-hydroxylation sites is 2. The molecule has 2 aromatic carbocycles. The van der Waals surface area contributed by atoms with Crippen molar-refractivity contribution < 1.29 is 9.59 Å². The van der Waals surface area contributed by atoms with Crippen molar-refractivity contribution in [3.63, 3.8) is 0 Å². The van der Waals surface area contributed by atoms with Crippen molar-refractivity contribution in [2.75, 3.05) is 18.0 Å². The summed E-state index contributed by atoms with van der Waals surface area (Å²) in [6, 6.07) is 16.2. The highest BCUT2D eigenvalue weighted by atomic mass is 16.2. The smallest absolute Gasteiger partial charge is 0.242 e. The molecule has 2 aliphatic rings. The zero-order valence-corrected chi connectivity index (χ0v) is 16.4. The van der Waals surface area contributed by atoms with E-state index in [4.69, 9.17) is 0 Å². The molecule has 5 rings (SSSR count). The van der Waals surface area contributed by atoms with Crippen LogP contribution in [0.5, 0.6) is 0 Å². The minimum Gasteiger partial charge on any atom is -0.361 e. The van der Waals surface area contributed by atoms with Crippen LogP contribution >= 0.6 is 0 Å². The van der Waals surface area contributed by atoms with Crippen molar-refractivity contribution in [1.82, 2.24) is 10.3 Å². The van der Waals surface area contributed by atoms with E-state index >= 15 is 0 Å². The molecule has 0 saturated heterocycles. The van der Waals surface area contributed by atoms with Crippen molar-refractivity contribution in [2.24, 2.45) is 5.41 Å². The number of hydrogen-bond donors (Lipinski definition) is 2. The summed E-state index contributed by atoms with van der Waals surface area (Å²) >= 11 is 0. The Morgan fingerprint density at radius 1 is 1.07 bits per heavy atom. The van der Waals surface area contributed by atoms with Crippen molar-refractivity contribution in [3.8, 4) is 0 Å². The first kappa shape index (κ1) is 18.0. The maximum absolute atomic E-state index is 13.3. The third-order valence-corrected chi connectivity index (χ3v) is 6.30. The molecule has 1 aromatic heterocycles. The van der Waals surface area contributed by atoms with Crippen LogP contribution in [0.1, 0.15) is 30.4 Å². The van der Waals surface area contributed by atoms with Gasteiger partial charge in [0.05, 0.1) is 0 Å². The van der Waals surface area contributed by atoms with Gasteiger partial charge in [0.25, 0.3) is 0 Å². The normalized spacial score (nSPS) is 17.0. The number of carbonyl (C=O) groups is 2. The Labute approximate surface area is 170 Å². The van der Waals surface area contributed by atoms with Gasteiger partial charge in [0, 0.05) is 35.9 Å². The van der Waals surface area contributed by atoms with Crippen molar-refractivity contribution >= 4 is 28.4 Å². The SMILES string of the molecule is O=C(NCCc1c[nH]c2ccccc12)C1(C(=O)N2CCCc3ccccc32)CC1. The third-order valence-electron chi connectivity index (χ3n) is 6.30. The largest absolute Gasteiger partial charge is 0.361 e. The molecule has 29 heavy (non-hydrogen) atoms. The van der Waals surface area contributed by atoms with Gasteiger partial charge in [-0.15, -0.1) is 0 Å². The Morgan fingerprint density at radius 3 is 2.72 bits per heavy atom. The molecule has 5 heteroatoms. The minimum atomic E-state index is -0.870. The molecule has 1 fully saturated rings. The molecule has 0 atom stereocenters. The molecular formula is C24H25N3O2. The van der Waals surface area contributed by atoms with Crippen molar-refractivity contribution in [1.29, 1.82) is 0 Å². The van der Waals surface area contributed by atoms with Gasteiger partial charge in [-0.05, 0) is 55.4 Å². The number of nitrogens with one attached hydrogen (secondary N) is 2. The molecule has 0 radical (unpaired) electrons. The van der Waals surface area contributed by atoms with Gasteiger partial charge in [-0.3, -0.25) is 9.59 Å². The maximum atomic E-state index is 13.3. The van der Waals surface area contributed by atoms with Gasteiger partial charge in [-0.1, -0.05) is 36.4 Å². The second-order valence-electron chi connectivity index (χ2n) is 8.14. The molecule has 1 saturated carbocycles. The minimum absolute atomic E-state index is 0.0331. The molecule has 1 aliphatic carbocycles. The van der Waals surface area contributed by atoms with E-state index in [2.05, 4.69) is 22.4 Å². The molecule has 0 bridgehead atoms.